The van der Waals surface area contributed by atoms with Crippen molar-refractivity contribution < 1.29 is 24.2 Å². The molecular formula is C22H16O5. The molecule has 1 atom stereocenters. The maximum atomic E-state index is 13.1. The lowest BCUT2D eigenvalue weighted by atomic mass is 9.75. The molecule has 2 aromatic carbocycles. The van der Waals surface area contributed by atoms with Crippen LogP contribution in [0.25, 0.3) is 0 Å². The van der Waals surface area contributed by atoms with Crippen LogP contribution in [0.15, 0.2) is 30.3 Å². The molecule has 1 N–H and O–H groups in total. The number of benzene rings is 2. The molecule has 0 fully saturated rings. The van der Waals surface area contributed by atoms with E-state index in [4.69, 9.17) is 11.2 Å². The van der Waals surface area contributed by atoms with Gasteiger partial charge >= 0.3 is 5.97 Å². The fraction of sp³-hybridized carbons (Fsp3) is 0.227. The number of carbonyl (C=O) groups is 3. The summed E-state index contributed by atoms with van der Waals surface area (Å²) in [5.41, 5.74) is 0.829. The van der Waals surface area contributed by atoms with Gasteiger partial charge in [-0.25, -0.2) is 0 Å². The third kappa shape index (κ3) is 2.57. The third-order valence-corrected chi connectivity index (χ3v) is 5.15. The number of hydrogen-bond acceptors (Lipinski definition) is 5. The summed E-state index contributed by atoms with van der Waals surface area (Å²) in [5, 5.41) is 10.5. The van der Waals surface area contributed by atoms with E-state index in [9.17, 15) is 19.5 Å². The normalized spacial score (nSPS) is 20.2. The maximum absolute atomic E-state index is 13.1. The van der Waals surface area contributed by atoms with Crippen LogP contribution >= 0.6 is 0 Å². The first-order valence-corrected chi connectivity index (χ1v) is 8.60. The maximum Gasteiger partial charge on any atom is 0.308 e. The second kappa shape index (κ2) is 5.90. The van der Waals surface area contributed by atoms with Crippen molar-refractivity contribution in [3.63, 3.8) is 0 Å². The molecular weight excluding hydrogens is 344 g/mol. The van der Waals surface area contributed by atoms with E-state index in [0.29, 0.717) is 28.7 Å². The molecule has 5 heteroatoms. The molecule has 134 valence electrons. The van der Waals surface area contributed by atoms with Gasteiger partial charge in [0.1, 0.15) is 11.4 Å². The van der Waals surface area contributed by atoms with E-state index >= 15 is 0 Å². The van der Waals surface area contributed by atoms with Crippen LogP contribution in [0.1, 0.15) is 56.3 Å². The van der Waals surface area contributed by atoms with E-state index < -0.39 is 11.6 Å². The average molecular weight is 360 g/mol. The van der Waals surface area contributed by atoms with Crippen LogP contribution in [0.2, 0.25) is 0 Å². The Bertz CT molecular complexity index is 1070. The van der Waals surface area contributed by atoms with Crippen LogP contribution in [0.5, 0.6) is 5.75 Å². The van der Waals surface area contributed by atoms with Crippen LogP contribution in [0, 0.1) is 12.3 Å². The van der Waals surface area contributed by atoms with Crippen molar-refractivity contribution in [3.8, 4) is 18.1 Å². The number of ether oxygens (including phenoxy) is 1. The lowest BCUT2D eigenvalue weighted by Gasteiger charge is -2.32. The Balaban J connectivity index is 2.00. The van der Waals surface area contributed by atoms with Gasteiger partial charge in [-0.1, -0.05) is 30.2 Å². The quantitative estimate of drug-likeness (QED) is 0.409. The van der Waals surface area contributed by atoms with Gasteiger partial charge in [-0.2, -0.15) is 0 Å². The monoisotopic (exact) mass is 360 g/mol. The zero-order chi connectivity index (χ0) is 19.3. The first kappa shape index (κ1) is 17.2. The summed E-state index contributed by atoms with van der Waals surface area (Å²) in [7, 11) is 0. The zero-order valence-corrected chi connectivity index (χ0v) is 14.7. The van der Waals surface area contributed by atoms with Gasteiger partial charge in [-0.05, 0) is 30.0 Å². The van der Waals surface area contributed by atoms with E-state index in [1.807, 2.05) is 0 Å². The van der Waals surface area contributed by atoms with Gasteiger partial charge in [0.05, 0.1) is 5.56 Å². The van der Waals surface area contributed by atoms with Crippen LogP contribution in [-0.2, 0) is 17.6 Å². The lowest BCUT2D eigenvalue weighted by Crippen LogP contribution is -2.35. The predicted molar refractivity (Wildman–Crippen MR) is 96.9 cm³/mol. The largest absolute Gasteiger partial charge is 0.426 e. The predicted octanol–water partition coefficient (Wildman–Crippen LogP) is 2.24. The van der Waals surface area contributed by atoms with Crippen molar-refractivity contribution in [2.75, 3.05) is 0 Å². The molecule has 0 bridgehead atoms. The Kier molecular flexibility index (Phi) is 3.76. The van der Waals surface area contributed by atoms with Crippen LogP contribution in [-0.4, -0.2) is 28.2 Å². The number of rotatable bonds is 1. The number of esters is 1. The van der Waals surface area contributed by atoms with Gasteiger partial charge in [0.15, 0.2) is 11.6 Å². The molecule has 0 aliphatic heterocycles. The van der Waals surface area contributed by atoms with Crippen LogP contribution in [0.3, 0.4) is 0 Å². The molecule has 2 aliphatic rings. The van der Waals surface area contributed by atoms with Crippen LogP contribution < -0.4 is 4.74 Å². The molecule has 0 saturated carbocycles. The summed E-state index contributed by atoms with van der Waals surface area (Å²) >= 11 is 0. The Morgan fingerprint density at radius 2 is 1.85 bits per heavy atom. The van der Waals surface area contributed by atoms with Gasteiger partial charge in [0.25, 0.3) is 0 Å². The smallest absolute Gasteiger partial charge is 0.308 e. The molecule has 2 aromatic rings. The fourth-order valence-corrected chi connectivity index (χ4v) is 3.86. The Morgan fingerprint density at radius 1 is 1.19 bits per heavy atom. The van der Waals surface area contributed by atoms with Gasteiger partial charge in [0, 0.05) is 30.0 Å². The second-order valence-electron chi connectivity index (χ2n) is 6.92. The first-order valence-electron chi connectivity index (χ1n) is 8.60. The van der Waals surface area contributed by atoms with E-state index in [0.717, 1.165) is 0 Å². The van der Waals surface area contributed by atoms with E-state index in [-0.39, 0.29) is 41.3 Å². The van der Waals surface area contributed by atoms with Crippen LogP contribution in [0.4, 0.5) is 0 Å². The van der Waals surface area contributed by atoms with E-state index in [2.05, 4.69) is 5.92 Å². The number of fused-ring (bicyclic) bond motifs is 3. The molecule has 5 nitrogen and oxygen atoms in total. The number of aliphatic hydroxyl groups is 1. The summed E-state index contributed by atoms with van der Waals surface area (Å²) in [6.07, 6.45) is 6.21. The van der Waals surface area contributed by atoms with E-state index in [1.165, 1.54) is 6.92 Å². The molecule has 4 rings (SSSR count). The highest BCUT2D eigenvalue weighted by atomic mass is 16.5. The molecule has 0 amide bonds. The summed E-state index contributed by atoms with van der Waals surface area (Å²) in [6.45, 7) is 1.25. The molecule has 2 aliphatic carbocycles. The van der Waals surface area contributed by atoms with Crippen molar-refractivity contribution >= 4 is 17.5 Å². The fourth-order valence-electron chi connectivity index (χ4n) is 3.86. The van der Waals surface area contributed by atoms with Crippen molar-refractivity contribution in [2.24, 2.45) is 0 Å². The van der Waals surface area contributed by atoms with Crippen molar-refractivity contribution in [2.45, 2.75) is 31.8 Å². The number of hydrogen-bond donors (Lipinski definition) is 1. The minimum absolute atomic E-state index is 0.110. The van der Waals surface area contributed by atoms with Gasteiger partial charge in [-0.15, -0.1) is 6.42 Å². The van der Waals surface area contributed by atoms with Gasteiger partial charge in [0.2, 0.25) is 0 Å². The molecule has 0 heterocycles. The Labute approximate surface area is 156 Å². The molecule has 1 unspecified atom stereocenters. The number of carbonyl (C=O) groups excluding carboxylic acids is 3. The molecule has 27 heavy (non-hydrogen) atoms. The second-order valence-corrected chi connectivity index (χ2v) is 6.92. The zero-order valence-electron chi connectivity index (χ0n) is 14.7. The minimum Gasteiger partial charge on any atom is -0.426 e. The Morgan fingerprint density at radius 3 is 2.48 bits per heavy atom. The standard InChI is InChI=1S/C22H16O5/c1-3-22(26)9-8-14-13(11-22)10-17-18(21(14)27-12(2)23)20(25)16-7-5-4-6-15(16)19(17)24/h1,4-7,10,26H,8-9,11H2,2H3. The summed E-state index contributed by atoms with van der Waals surface area (Å²) in [4.78, 5) is 37.8. The number of terminal acetylenes is 1. The molecule has 0 saturated heterocycles. The number of ketones is 2. The van der Waals surface area contributed by atoms with E-state index in [1.54, 1.807) is 30.3 Å². The summed E-state index contributed by atoms with van der Waals surface area (Å²) < 4.78 is 5.40. The SMILES string of the molecule is C#CC1(O)CCc2c(cc3c(c2OC(C)=O)C(=O)c2ccccc2C3=O)C1. The van der Waals surface area contributed by atoms with Gasteiger partial charge < -0.3 is 9.84 Å². The average Bonchev–Trinajstić information content (AvgIpc) is 2.65. The highest BCUT2D eigenvalue weighted by Crippen LogP contribution is 2.42. The van der Waals surface area contributed by atoms with Crippen molar-refractivity contribution in [1.82, 2.24) is 0 Å². The van der Waals surface area contributed by atoms with Crippen molar-refractivity contribution in [1.29, 1.82) is 0 Å². The molecule has 0 aromatic heterocycles. The Hall–Kier alpha value is -3.23. The minimum atomic E-state index is -1.33. The molecule has 0 spiro atoms. The lowest BCUT2D eigenvalue weighted by molar-refractivity contribution is -0.131. The van der Waals surface area contributed by atoms with Gasteiger partial charge in [-0.3, -0.25) is 14.4 Å². The summed E-state index contributed by atoms with van der Waals surface area (Å²) in [6, 6.07) is 8.17. The topological polar surface area (TPSA) is 80.7 Å². The third-order valence-electron chi connectivity index (χ3n) is 5.15. The first-order chi connectivity index (χ1) is 12.8. The van der Waals surface area contributed by atoms with Crippen molar-refractivity contribution in [3.05, 3.63) is 63.7 Å². The molecule has 0 radical (unpaired) electrons. The highest BCUT2D eigenvalue weighted by molar-refractivity contribution is 6.29. The summed E-state index contributed by atoms with van der Waals surface area (Å²) in [5.74, 6) is 1.26. The highest BCUT2D eigenvalue weighted by Gasteiger charge is 2.39.